The zero-order chi connectivity index (χ0) is 19.1. The van der Waals surface area contributed by atoms with E-state index in [0.717, 1.165) is 19.6 Å². The molecule has 1 heterocycles. The largest absolute Gasteiger partial charge is 0.352 e. The summed E-state index contributed by atoms with van der Waals surface area (Å²) in [5.41, 5.74) is 1.82. The first-order valence-electron chi connectivity index (χ1n) is 9.51. The van der Waals surface area contributed by atoms with Crippen LogP contribution in [-0.2, 0) is 4.79 Å². The van der Waals surface area contributed by atoms with Gasteiger partial charge in [0.1, 0.15) is 0 Å². The molecule has 5 nitrogen and oxygen atoms in total. The van der Waals surface area contributed by atoms with Crippen LogP contribution in [0.2, 0.25) is 0 Å². The minimum absolute atomic E-state index is 0.0928. The van der Waals surface area contributed by atoms with Gasteiger partial charge in [0.15, 0.2) is 0 Å². The van der Waals surface area contributed by atoms with Crippen molar-refractivity contribution in [2.45, 2.75) is 18.9 Å². The molecule has 2 aromatic rings. The Balaban J connectivity index is 1.51. The van der Waals surface area contributed by atoms with Crippen LogP contribution in [0.1, 0.15) is 34.8 Å². The minimum Gasteiger partial charge on any atom is -0.352 e. The molecule has 0 aromatic heterocycles. The summed E-state index contributed by atoms with van der Waals surface area (Å²) in [6.45, 7) is 2.98. The van der Waals surface area contributed by atoms with Crippen molar-refractivity contribution in [3.8, 4) is 0 Å². The third-order valence-electron chi connectivity index (χ3n) is 4.98. The Morgan fingerprint density at radius 2 is 1.67 bits per heavy atom. The lowest BCUT2D eigenvalue weighted by Crippen LogP contribution is -2.49. The average molecular weight is 365 g/mol. The standard InChI is InChI=1S/C22H27N3O2/c1-24-15-16-25(20(17-24)18-9-4-2-5-10-18)21(26)13-8-14-23-22(27)19-11-6-3-7-12-19/h2-7,9-12,20H,8,13-17H2,1H3,(H,23,27). The van der Waals surface area contributed by atoms with Crippen LogP contribution in [-0.4, -0.2) is 54.8 Å². The zero-order valence-corrected chi connectivity index (χ0v) is 15.8. The summed E-state index contributed by atoms with van der Waals surface area (Å²) in [7, 11) is 2.09. The Bertz CT molecular complexity index is 749. The number of hydrogen-bond donors (Lipinski definition) is 1. The second kappa shape index (κ2) is 9.33. The Morgan fingerprint density at radius 3 is 2.37 bits per heavy atom. The van der Waals surface area contributed by atoms with E-state index in [1.54, 1.807) is 12.1 Å². The fraction of sp³-hybridized carbons (Fsp3) is 0.364. The van der Waals surface area contributed by atoms with Crippen LogP contribution in [0.25, 0.3) is 0 Å². The van der Waals surface area contributed by atoms with Crippen LogP contribution < -0.4 is 5.32 Å². The molecule has 5 heteroatoms. The number of nitrogens with one attached hydrogen (secondary N) is 1. The van der Waals surface area contributed by atoms with Crippen molar-refractivity contribution in [2.24, 2.45) is 0 Å². The number of rotatable bonds is 6. The fourth-order valence-electron chi connectivity index (χ4n) is 3.46. The van der Waals surface area contributed by atoms with Crippen molar-refractivity contribution >= 4 is 11.8 Å². The summed E-state index contributed by atoms with van der Waals surface area (Å²) in [6, 6.07) is 19.4. The van der Waals surface area contributed by atoms with Crippen LogP contribution >= 0.6 is 0 Å². The van der Waals surface area contributed by atoms with Gasteiger partial charge in [0, 0.05) is 38.2 Å². The molecule has 1 saturated heterocycles. The summed E-state index contributed by atoms with van der Waals surface area (Å²) in [5.74, 6) is 0.0655. The molecular weight excluding hydrogens is 338 g/mol. The highest BCUT2D eigenvalue weighted by Gasteiger charge is 2.29. The molecule has 1 N–H and O–H groups in total. The summed E-state index contributed by atoms with van der Waals surface area (Å²) in [4.78, 5) is 29.1. The van der Waals surface area contributed by atoms with E-state index >= 15 is 0 Å². The van der Waals surface area contributed by atoms with Crippen molar-refractivity contribution in [1.29, 1.82) is 0 Å². The molecule has 0 radical (unpaired) electrons. The van der Waals surface area contributed by atoms with Gasteiger partial charge in [-0.1, -0.05) is 48.5 Å². The van der Waals surface area contributed by atoms with E-state index < -0.39 is 0 Å². The Kier molecular flexibility index (Phi) is 6.60. The summed E-state index contributed by atoms with van der Waals surface area (Å²) in [6.07, 6.45) is 1.09. The van der Waals surface area contributed by atoms with Gasteiger partial charge in [-0.3, -0.25) is 9.59 Å². The second-order valence-electron chi connectivity index (χ2n) is 7.00. The maximum absolute atomic E-state index is 12.8. The predicted octanol–water partition coefficient (Wildman–Crippen LogP) is 2.71. The highest BCUT2D eigenvalue weighted by molar-refractivity contribution is 5.94. The van der Waals surface area contributed by atoms with Gasteiger partial charge in [0.25, 0.3) is 5.91 Å². The van der Waals surface area contributed by atoms with Gasteiger partial charge >= 0.3 is 0 Å². The molecule has 0 saturated carbocycles. The average Bonchev–Trinajstić information content (AvgIpc) is 2.72. The van der Waals surface area contributed by atoms with Gasteiger partial charge in [0.2, 0.25) is 5.91 Å². The molecule has 1 fully saturated rings. The maximum atomic E-state index is 12.8. The molecule has 0 aliphatic carbocycles. The number of amides is 2. The number of piperazine rings is 1. The molecular formula is C22H27N3O2. The Hall–Kier alpha value is -2.66. The van der Waals surface area contributed by atoms with Crippen molar-refractivity contribution in [3.05, 3.63) is 71.8 Å². The molecule has 3 rings (SSSR count). The molecule has 1 aliphatic rings. The zero-order valence-electron chi connectivity index (χ0n) is 15.8. The number of likely N-dealkylation sites (N-methyl/N-ethyl adjacent to an activating group) is 1. The third kappa shape index (κ3) is 5.17. The van der Waals surface area contributed by atoms with Gasteiger partial charge in [0.05, 0.1) is 6.04 Å². The normalized spacial score (nSPS) is 17.5. The number of nitrogens with zero attached hydrogens (tertiary/aromatic N) is 2. The highest BCUT2D eigenvalue weighted by atomic mass is 16.2. The first-order chi connectivity index (χ1) is 13.1. The molecule has 27 heavy (non-hydrogen) atoms. The smallest absolute Gasteiger partial charge is 0.251 e. The molecule has 2 amide bonds. The Labute approximate surface area is 161 Å². The van der Waals surface area contributed by atoms with E-state index in [0.29, 0.717) is 24.9 Å². The lowest BCUT2D eigenvalue weighted by molar-refractivity contribution is -0.136. The number of benzene rings is 2. The molecule has 0 spiro atoms. The molecule has 2 aromatic carbocycles. The van der Waals surface area contributed by atoms with E-state index in [1.165, 1.54) is 5.56 Å². The summed E-state index contributed by atoms with van der Waals surface area (Å²) in [5, 5.41) is 2.89. The first-order valence-corrected chi connectivity index (χ1v) is 9.51. The maximum Gasteiger partial charge on any atom is 0.251 e. The molecule has 1 atom stereocenters. The van der Waals surface area contributed by atoms with E-state index in [1.807, 2.05) is 41.3 Å². The van der Waals surface area contributed by atoms with E-state index in [4.69, 9.17) is 0 Å². The van der Waals surface area contributed by atoms with Crippen molar-refractivity contribution in [2.75, 3.05) is 33.2 Å². The van der Waals surface area contributed by atoms with Crippen LogP contribution in [0.3, 0.4) is 0 Å². The van der Waals surface area contributed by atoms with Gasteiger partial charge in [-0.05, 0) is 31.2 Å². The van der Waals surface area contributed by atoms with Gasteiger partial charge < -0.3 is 15.1 Å². The van der Waals surface area contributed by atoms with Crippen molar-refractivity contribution < 1.29 is 9.59 Å². The molecule has 142 valence electrons. The van der Waals surface area contributed by atoms with E-state index in [-0.39, 0.29) is 17.9 Å². The van der Waals surface area contributed by atoms with E-state index in [9.17, 15) is 9.59 Å². The van der Waals surface area contributed by atoms with Crippen molar-refractivity contribution in [3.63, 3.8) is 0 Å². The molecule has 1 aliphatic heterocycles. The predicted molar refractivity (Wildman–Crippen MR) is 106 cm³/mol. The fourth-order valence-corrected chi connectivity index (χ4v) is 3.46. The molecule has 1 unspecified atom stereocenters. The lowest BCUT2D eigenvalue weighted by atomic mass is 10.0. The number of carbonyl (C=O) groups excluding carboxylic acids is 2. The van der Waals surface area contributed by atoms with Gasteiger partial charge in [-0.25, -0.2) is 0 Å². The number of hydrogen-bond acceptors (Lipinski definition) is 3. The van der Waals surface area contributed by atoms with Crippen LogP contribution in [0, 0.1) is 0 Å². The summed E-state index contributed by atoms with van der Waals surface area (Å²) < 4.78 is 0. The monoisotopic (exact) mass is 365 g/mol. The second-order valence-corrected chi connectivity index (χ2v) is 7.00. The molecule has 0 bridgehead atoms. The van der Waals surface area contributed by atoms with Crippen molar-refractivity contribution in [1.82, 2.24) is 15.1 Å². The van der Waals surface area contributed by atoms with Gasteiger partial charge in [-0.2, -0.15) is 0 Å². The quantitative estimate of drug-likeness (QED) is 0.801. The minimum atomic E-state index is -0.0928. The lowest BCUT2D eigenvalue weighted by Gasteiger charge is -2.40. The SMILES string of the molecule is CN1CCN(C(=O)CCCNC(=O)c2ccccc2)C(c2ccccc2)C1. The van der Waals surface area contributed by atoms with Gasteiger partial charge in [-0.15, -0.1) is 0 Å². The van der Waals surface area contributed by atoms with Crippen LogP contribution in [0.4, 0.5) is 0 Å². The third-order valence-corrected chi connectivity index (χ3v) is 4.98. The van der Waals surface area contributed by atoms with Crippen LogP contribution in [0.5, 0.6) is 0 Å². The first kappa shape index (κ1) is 19.1. The topological polar surface area (TPSA) is 52.6 Å². The number of carbonyl (C=O) groups is 2. The summed E-state index contributed by atoms with van der Waals surface area (Å²) >= 11 is 0. The van der Waals surface area contributed by atoms with Crippen LogP contribution in [0.15, 0.2) is 60.7 Å². The van der Waals surface area contributed by atoms with E-state index in [2.05, 4.69) is 29.4 Å². The Morgan fingerprint density at radius 1 is 1.00 bits per heavy atom. The highest BCUT2D eigenvalue weighted by Crippen LogP contribution is 2.25.